The molecule has 0 aliphatic heterocycles. The summed E-state index contributed by atoms with van der Waals surface area (Å²) < 4.78 is 5.70. The quantitative estimate of drug-likeness (QED) is 0.773. The standard InChI is InChI=1S/C17H27NO/c1-4-8-17(19-3)16(18-5-2)12-14-11-13-9-6-7-10-15(13)14/h6-7,9-10,14,16-18H,4-5,8,11-12H2,1-3H3. The summed E-state index contributed by atoms with van der Waals surface area (Å²) in [6.45, 7) is 5.43. The molecule has 19 heavy (non-hydrogen) atoms. The summed E-state index contributed by atoms with van der Waals surface area (Å²) in [5.41, 5.74) is 3.09. The van der Waals surface area contributed by atoms with Gasteiger partial charge in [0.25, 0.3) is 0 Å². The Balaban J connectivity index is 1.98. The Hall–Kier alpha value is -0.860. The Morgan fingerprint density at radius 2 is 2.11 bits per heavy atom. The fourth-order valence-electron chi connectivity index (χ4n) is 3.28. The minimum absolute atomic E-state index is 0.345. The molecule has 0 radical (unpaired) electrons. The molecule has 0 spiro atoms. The molecule has 1 aliphatic carbocycles. The number of likely N-dealkylation sites (N-methyl/N-ethyl adjacent to an activating group) is 1. The van der Waals surface area contributed by atoms with E-state index >= 15 is 0 Å². The van der Waals surface area contributed by atoms with Gasteiger partial charge in [-0.1, -0.05) is 44.5 Å². The molecule has 0 saturated heterocycles. The molecule has 2 heteroatoms. The number of fused-ring (bicyclic) bond motifs is 1. The van der Waals surface area contributed by atoms with Gasteiger partial charge in [-0.05, 0) is 42.9 Å². The van der Waals surface area contributed by atoms with Crippen LogP contribution < -0.4 is 5.32 Å². The molecule has 0 aromatic heterocycles. The molecule has 0 amide bonds. The fraction of sp³-hybridized carbons (Fsp3) is 0.647. The molecule has 1 aliphatic rings. The summed E-state index contributed by atoms with van der Waals surface area (Å²) in [5, 5.41) is 3.62. The molecule has 0 bridgehead atoms. The van der Waals surface area contributed by atoms with Crippen LogP contribution in [0.15, 0.2) is 24.3 Å². The lowest BCUT2D eigenvalue weighted by Crippen LogP contribution is -2.43. The van der Waals surface area contributed by atoms with Crippen LogP contribution in [0.4, 0.5) is 0 Å². The van der Waals surface area contributed by atoms with Crippen LogP contribution >= 0.6 is 0 Å². The van der Waals surface area contributed by atoms with Crippen molar-refractivity contribution in [3.63, 3.8) is 0 Å². The van der Waals surface area contributed by atoms with Crippen molar-refractivity contribution in [1.82, 2.24) is 5.32 Å². The SMILES string of the molecule is CCCC(OC)C(CC1Cc2ccccc21)NCC. The monoisotopic (exact) mass is 261 g/mol. The predicted molar refractivity (Wildman–Crippen MR) is 80.7 cm³/mol. The van der Waals surface area contributed by atoms with Crippen molar-refractivity contribution in [3.8, 4) is 0 Å². The lowest BCUT2D eigenvalue weighted by atomic mass is 9.73. The van der Waals surface area contributed by atoms with Crippen molar-refractivity contribution < 1.29 is 4.74 Å². The van der Waals surface area contributed by atoms with E-state index in [4.69, 9.17) is 4.74 Å². The highest BCUT2D eigenvalue weighted by molar-refractivity contribution is 5.39. The molecular weight excluding hydrogens is 234 g/mol. The number of rotatable bonds is 8. The molecule has 1 aromatic carbocycles. The highest BCUT2D eigenvalue weighted by Gasteiger charge is 2.30. The van der Waals surface area contributed by atoms with Crippen LogP contribution in [0.25, 0.3) is 0 Å². The largest absolute Gasteiger partial charge is 0.380 e. The number of benzene rings is 1. The first-order valence-electron chi connectivity index (χ1n) is 7.64. The molecule has 3 atom stereocenters. The van der Waals surface area contributed by atoms with Crippen molar-refractivity contribution in [1.29, 1.82) is 0 Å². The van der Waals surface area contributed by atoms with Gasteiger partial charge in [-0.25, -0.2) is 0 Å². The summed E-state index contributed by atoms with van der Waals surface area (Å²) in [6, 6.07) is 9.33. The highest BCUT2D eigenvalue weighted by Crippen LogP contribution is 2.38. The number of hydrogen-bond donors (Lipinski definition) is 1. The maximum Gasteiger partial charge on any atom is 0.0724 e. The number of hydrogen-bond acceptors (Lipinski definition) is 2. The second kappa shape index (κ2) is 7.06. The smallest absolute Gasteiger partial charge is 0.0724 e. The minimum atomic E-state index is 0.345. The number of methoxy groups -OCH3 is 1. The molecule has 2 nitrogen and oxygen atoms in total. The summed E-state index contributed by atoms with van der Waals surface area (Å²) in [4.78, 5) is 0. The van der Waals surface area contributed by atoms with Crippen LogP contribution in [-0.2, 0) is 11.2 Å². The van der Waals surface area contributed by atoms with Crippen molar-refractivity contribution in [2.75, 3.05) is 13.7 Å². The zero-order valence-corrected chi connectivity index (χ0v) is 12.5. The molecule has 106 valence electrons. The molecule has 0 heterocycles. The van der Waals surface area contributed by atoms with Gasteiger partial charge in [0, 0.05) is 13.2 Å². The number of ether oxygens (including phenoxy) is 1. The molecule has 0 fully saturated rings. The van der Waals surface area contributed by atoms with E-state index in [1.54, 1.807) is 5.56 Å². The second-order valence-electron chi connectivity index (χ2n) is 5.56. The Kier molecular flexibility index (Phi) is 5.41. The Morgan fingerprint density at radius 1 is 1.32 bits per heavy atom. The molecule has 3 unspecified atom stereocenters. The average Bonchev–Trinajstić information content (AvgIpc) is 2.41. The van der Waals surface area contributed by atoms with Crippen molar-refractivity contribution in [2.24, 2.45) is 0 Å². The van der Waals surface area contributed by atoms with E-state index in [1.165, 1.54) is 24.8 Å². The van der Waals surface area contributed by atoms with Crippen LogP contribution in [0.3, 0.4) is 0 Å². The first kappa shape index (κ1) is 14.5. The Bertz CT molecular complexity index is 391. The fourth-order valence-corrected chi connectivity index (χ4v) is 3.28. The number of nitrogens with one attached hydrogen (secondary N) is 1. The van der Waals surface area contributed by atoms with Gasteiger partial charge in [-0.3, -0.25) is 0 Å². The third-order valence-corrected chi connectivity index (χ3v) is 4.29. The maximum atomic E-state index is 5.70. The van der Waals surface area contributed by atoms with Crippen LogP contribution in [0, 0.1) is 0 Å². The minimum Gasteiger partial charge on any atom is -0.380 e. The first-order valence-corrected chi connectivity index (χ1v) is 7.64. The Labute approximate surface area is 117 Å². The van der Waals surface area contributed by atoms with E-state index in [1.807, 2.05) is 7.11 Å². The molecule has 0 saturated carbocycles. The van der Waals surface area contributed by atoms with Gasteiger partial charge in [-0.2, -0.15) is 0 Å². The van der Waals surface area contributed by atoms with Gasteiger partial charge in [0.15, 0.2) is 0 Å². The van der Waals surface area contributed by atoms with Gasteiger partial charge in [0.1, 0.15) is 0 Å². The van der Waals surface area contributed by atoms with Crippen LogP contribution in [0.5, 0.6) is 0 Å². The van der Waals surface area contributed by atoms with Gasteiger partial charge < -0.3 is 10.1 Å². The van der Waals surface area contributed by atoms with E-state index in [2.05, 4.69) is 43.4 Å². The summed E-state index contributed by atoms with van der Waals surface area (Å²) in [6.07, 6.45) is 5.10. The summed E-state index contributed by atoms with van der Waals surface area (Å²) in [7, 11) is 1.85. The highest BCUT2D eigenvalue weighted by atomic mass is 16.5. The zero-order valence-electron chi connectivity index (χ0n) is 12.5. The van der Waals surface area contributed by atoms with Gasteiger partial charge in [-0.15, -0.1) is 0 Å². The van der Waals surface area contributed by atoms with Crippen LogP contribution in [0.1, 0.15) is 50.2 Å². The van der Waals surface area contributed by atoms with E-state index < -0.39 is 0 Å². The predicted octanol–water partition coefficient (Wildman–Crippen LogP) is 3.51. The van der Waals surface area contributed by atoms with Crippen molar-refractivity contribution in [2.45, 2.75) is 57.6 Å². The zero-order chi connectivity index (χ0) is 13.7. The van der Waals surface area contributed by atoms with Crippen LogP contribution in [0.2, 0.25) is 0 Å². The van der Waals surface area contributed by atoms with E-state index in [9.17, 15) is 0 Å². The third kappa shape index (κ3) is 3.37. The third-order valence-electron chi connectivity index (χ3n) is 4.29. The topological polar surface area (TPSA) is 21.3 Å². The summed E-state index contributed by atoms with van der Waals surface area (Å²) >= 11 is 0. The van der Waals surface area contributed by atoms with E-state index in [0.717, 1.165) is 18.9 Å². The molecular formula is C17H27NO. The van der Waals surface area contributed by atoms with E-state index in [-0.39, 0.29) is 0 Å². The molecule has 2 rings (SSSR count). The molecule has 1 aromatic rings. The second-order valence-corrected chi connectivity index (χ2v) is 5.56. The Morgan fingerprint density at radius 3 is 2.74 bits per heavy atom. The van der Waals surface area contributed by atoms with Crippen LogP contribution in [-0.4, -0.2) is 25.8 Å². The molecule has 1 N–H and O–H groups in total. The van der Waals surface area contributed by atoms with Gasteiger partial charge >= 0.3 is 0 Å². The first-order chi connectivity index (χ1) is 9.30. The lowest BCUT2D eigenvalue weighted by Gasteiger charge is -2.36. The lowest BCUT2D eigenvalue weighted by molar-refractivity contribution is 0.0554. The van der Waals surface area contributed by atoms with Crippen molar-refractivity contribution in [3.05, 3.63) is 35.4 Å². The summed E-state index contributed by atoms with van der Waals surface area (Å²) in [5.74, 6) is 0.717. The average molecular weight is 261 g/mol. The normalized spacial score (nSPS) is 20.5. The van der Waals surface area contributed by atoms with E-state index in [0.29, 0.717) is 12.1 Å². The van der Waals surface area contributed by atoms with Gasteiger partial charge in [0.05, 0.1) is 6.10 Å². The van der Waals surface area contributed by atoms with Gasteiger partial charge in [0.2, 0.25) is 0 Å². The maximum absolute atomic E-state index is 5.70. The van der Waals surface area contributed by atoms with Crippen molar-refractivity contribution >= 4 is 0 Å².